The molecule has 0 amide bonds. The summed E-state index contributed by atoms with van der Waals surface area (Å²) in [7, 11) is 0. The molecule has 0 unspecified atom stereocenters. The van der Waals surface area contributed by atoms with Gasteiger partial charge in [0.15, 0.2) is 0 Å². The Morgan fingerprint density at radius 1 is 1.00 bits per heavy atom. The zero-order valence-corrected chi connectivity index (χ0v) is 10.4. The quantitative estimate of drug-likeness (QED) is 0.788. The predicted molar refractivity (Wildman–Crippen MR) is 73.0 cm³/mol. The van der Waals surface area contributed by atoms with Crippen LogP contribution in [0.3, 0.4) is 0 Å². The molecular formula is C15H10N2O3. The molecule has 2 heterocycles. The van der Waals surface area contributed by atoms with E-state index in [1.165, 1.54) is 12.3 Å². The molecule has 0 fully saturated rings. The molecule has 5 nitrogen and oxygen atoms in total. The van der Waals surface area contributed by atoms with Gasteiger partial charge >= 0.3 is 5.97 Å². The minimum absolute atomic E-state index is 0.0217. The lowest BCUT2D eigenvalue weighted by Gasteiger charge is -2.09. The molecule has 0 aliphatic carbocycles. The van der Waals surface area contributed by atoms with Crippen molar-refractivity contribution >= 4 is 16.9 Å². The first-order valence-corrected chi connectivity index (χ1v) is 5.95. The molecule has 98 valence electrons. The number of aromatic carboxylic acids is 1. The number of nitrogens with zero attached hydrogens (tertiary/aromatic N) is 2. The minimum Gasteiger partial charge on any atom is -0.477 e. The van der Waals surface area contributed by atoms with Gasteiger partial charge in [-0.25, -0.2) is 9.78 Å². The van der Waals surface area contributed by atoms with Gasteiger partial charge in [-0.3, -0.25) is 4.98 Å². The number of benzene rings is 1. The number of aromatic nitrogens is 2. The number of hydrogen-bond acceptors (Lipinski definition) is 4. The van der Waals surface area contributed by atoms with E-state index in [2.05, 4.69) is 9.97 Å². The van der Waals surface area contributed by atoms with Crippen LogP contribution >= 0.6 is 0 Å². The van der Waals surface area contributed by atoms with E-state index in [0.29, 0.717) is 5.75 Å². The number of fused-ring (bicyclic) bond motifs is 1. The molecule has 3 aromatic rings. The Hall–Kier alpha value is -2.95. The van der Waals surface area contributed by atoms with Gasteiger partial charge in [0, 0.05) is 17.8 Å². The Morgan fingerprint density at radius 2 is 1.80 bits per heavy atom. The SMILES string of the molecule is O=C(O)c1cccnc1Oc1cccc2ncccc12. The summed E-state index contributed by atoms with van der Waals surface area (Å²) < 4.78 is 5.65. The Labute approximate surface area is 114 Å². The monoisotopic (exact) mass is 266 g/mol. The van der Waals surface area contributed by atoms with Crippen LogP contribution in [0.25, 0.3) is 10.9 Å². The smallest absolute Gasteiger partial charge is 0.341 e. The molecule has 0 atom stereocenters. The van der Waals surface area contributed by atoms with Crippen LogP contribution in [0.4, 0.5) is 0 Å². The van der Waals surface area contributed by atoms with Crippen molar-refractivity contribution in [1.82, 2.24) is 9.97 Å². The van der Waals surface area contributed by atoms with Gasteiger partial charge in [-0.15, -0.1) is 0 Å². The second-order valence-electron chi connectivity index (χ2n) is 4.09. The Bertz CT molecular complexity index is 781. The van der Waals surface area contributed by atoms with Crippen molar-refractivity contribution in [2.45, 2.75) is 0 Å². The molecule has 0 aliphatic heterocycles. The summed E-state index contributed by atoms with van der Waals surface area (Å²) >= 11 is 0. The second kappa shape index (κ2) is 4.97. The number of pyridine rings is 2. The van der Waals surface area contributed by atoms with Gasteiger partial charge in [0.2, 0.25) is 5.88 Å². The van der Waals surface area contributed by atoms with Crippen LogP contribution < -0.4 is 4.74 Å². The van der Waals surface area contributed by atoms with E-state index in [1.807, 2.05) is 12.1 Å². The van der Waals surface area contributed by atoms with E-state index >= 15 is 0 Å². The van der Waals surface area contributed by atoms with Gasteiger partial charge in [-0.2, -0.15) is 0 Å². The third-order valence-corrected chi connectivity index (χ3v) is 2.81. The van der Waals surface area contributed by atoms with Crippen LogP contribution in [-0.4, -0.2) is 21.0 Å². The molecule has 2 aromatic heterocycles. The minimum atomic E-state index is -1.08. The van der Waals surface area contributed by atoms with E-state index in [4.69, 9.17) is 9.84 Å². The Kier molecular flexibility index (Phi) is 3.01. The summed E-state index contributed by atoms with van der Waals surface area (Å²) in [6.07, 6.45) is 3.18. The summed E-state index contributed by atoms with van der Waals surface area (Å²) in [6.45, 7) is 0. The largest absolute Gasteiger partial charge is 0.477 e. The van der Waals surface area contributed by atoms with Crippen molar-refractivity contribution < 1.29 is 14.6 Å². The molecule has 0 spiro atoms. The Morgan fingerprint density at radius 3 is 2.65 bits per heavy atom. The first-order chi connectivity index (χ1) is 9.75. The summed E-state index contributed by atoms with van der Waals surface area (Å²) in [5.74, 6) is -0.486. The highest BCUT2D eigenvalue weighted by molar-refractivity contribution is 5.91. The van der Waals surface area contributed by atoms with Crippen LogP contribution in [0, 0.1) is 0 Å². The highest BCUT2D eigenvalue weighted by atomic mass is 16.5. The number of carbonyl (C=O) groups is 1. The highest BCUT2D eigenvalue weighted by Gasteiger charge is 2.13. The lowest BCUT2D eigenvalue weighted by molar-refractivity contribution is 0.0693. The standard InChI is InChI=1S/C15H10N2O3/c18-15(19)11-5-3-9-17-14(11)20-13-7-1-6-12-10(13)4-2-8-16-12/h1-9H,(H,18,19). The molecule has 0 saturated heterocycles. The number of carboxylic acid groups (broad SMARTS) is 1. The fraction of sp³-hybridized carbons (Fsp3) is 0. The van der Waals surface area contributed by atoms with Gasteiger partial charge < -0.3 is 9.84 Å². The van der Waals surface area contributed by atoms with Gasteiger partial charge in [0.1, 0.15) is 11.3 Å². The first-order valence-electron chi connectivity index (χ1n) is 5.95. The molecule has 5 heteroatoms. The molecule has 0 radical (unpaired) electrons. The van der Waals surface area contributed by atoms with E-state index < -0.39 is 5.97 Å². The average molecular weight is 266 g/mol. The van der Waals surface area contributed by atoms with Gasteiger partial charge in [-0.05, 0) is 36.4 Å². The van der Waals surface area contributed by atoms with Crippen molar-refractivity contribution in [2.24, 2.45) is 0 Å². The summed E-state index contributed by atoms with van der Waals surface area (Å²) in [5, 5.41) is 9.93. The number of ether oxygens (including phenoxy) is 1. The number of rotatable bonds is 3. The van der Waals surface area contributed by atoms with Gasteiger partial charge in [0.05, 0.1) is 5.52 Å². The molecule has 3 rings (SSSR count). The maximum atomic E-state index is 11.1. The predicted octanol–water partition coefficient (Wildman–Crippen LogP) is 3.12. The van der Waals surface area contributed by atoms with Crippen LogP contribution in [0.5, 0.6) is 11.6 Å². The molecule has 1 aromatic carbocycles. The maximum Gasteiger partial charge on any atom is 0.341 e. The molecule has 1 N–H and O–H groups in total. The van der Waals surface area contributed by atoms with Crippen molar-refractivity contribution in [1.29, 1.82) is 0 Å². The van der Waals surface area contributed by atoms with Crippen LogP contribution in [0.2, 0.25) is 0 Å². The van der Waals surface area contributed by atoms with Crippen molar-refractivity contribution in [3.8, 4) is 11.6 Å². The number of carboxylic acids is 1. The fourth-order valence-electron chi connectivity index (χ4n) is 1.90. The molecule has 20 heavy (non-hydrogen) atoms. The lowest BCUT2D eigenvalue weighted by Crippen LogP contribution is -2.01. The van der Waals surface area contributed by atoms with Crippen LogP contribution in [-0.2, 0) is 0 Å². The van der Waals surface area contributed by atoms with Crippen LogP contribution in [0.15, 0.2) is 54.9 Å². The average Bonchev–Trinajstić information content (AvgIpc) is 2.48. The molecule has 0 bridgehead atoms. The zero-order chi connectivity index (χ0) is 13.9. The lowest BCUT2D eigenvalue weighted by atomic mass is 10.2. The van der Waals surface area contributed by atoms with Gasteiger partial charge in [0.25, 0.3) is 0 Å². The van der Waals surface area contributed by atoms with E-state index in [-0.39, 0.29) is 11.4 Å². The zero-order valence-electron chi connectivity index (χ0n) is 10.4. The second-order valence-corrected chi connectivity index (χ2v) is 4.09. The van der Waals surface area contributed by atoms with E-state index in [0.717, 1.165) is 10.9 Å². The van der Waals surface area contributed by atoms with Crippen molar-refractivity contribution in [3.63, 3.8) is 0 Å². The maximum absolute atomic E-state index is 11.1. The fourth-order valence-corrected chi connectivity index (χ4v) is 1.90. The van der Waals surface area contributed by atoms with Crippen LogP contribution in [0.1, 0.15) is 10.4 Å². The first kappa shape index (κ1) is 12.1. The molecule has 0 aliphatic rings. The highest BCUT2D eigenvalue weighted by Crippen LogP contribution is 2.29. The normalized spacial score (nSPS) is 10.4. The van der Waals surface area contributed by atoms with E-state index in [1.54, 1.807) is 30.5 Å². The summed E-state index contributed by atoms with van der Waals surface area (Å²) in [6, 6.07) is 12.1. The van der Waals surface area contributed by atoms with Crippen molar-refractivity contribution in [3.05, 3.63) is 60.4 Å². The molecule has 0 saturated carbocycles. The Balaban J connectivity index is 2.08. The topological polar surface area (TPSA) is 72.3 Å². The third-order valence-electron chi connectivity index (χ3n) is 2.81. The van der Waals surface area contributed by atoms with E-state index in [9.17, 15) is 4.79 Å². The van der Waals surface area contributed by atoms with Gasteiger partial charge in [-0.1, -0.05) is 6.07 Å². The molecular weight excluding hydrogens is 256 g/mol. The number of hydrogen-bond donors (Lipinski definition) is 1. The summed E-state index contributed by atoms with van der Waals surface area (Å²) in [4.78, 5) is 19.3. The van der Waals surface area contributed by atoms with Crippen molar-refractivity contribution in [2.75, 3.05) is 0 Å². The summed E-state index contributed by atoms with van der Waals surface area (Å²) in [5.41, 5.74) is 0.797. The third kappa shape index (κ3) is 2.16.